The van der Waals surface area contributed by atoms with Crippen LogP contribution in [0, 0.1) is 5.41 Å². The predicted molar refractivity (Wildman–Crippen MR) is 139 cm³/mol. The molecule has 0 aliphatic rings. The smallest absolute Gasteiger partial charge is 0.179 e. The van der Waals surface area contributed by atoms with Gasteiger partial charge in [-0.3, -0.25) is 0 Å². The lowest BCUT2D eigenvalue weighted by Crippen LogP contribution is -2.32. The summed E-state index contributed by atoms with van der Waals surface area (Å²) >= 11 is 0. The third-order valence-corrected chi connectivity index (χ3v) is 8.50. The van der Waals surface area contributed by atoms with Crippen LogP contribution in [0.4, 0.5) is 5.69 Å². The van der Waals surface area contributed by atoms with Gasteiger partial charge in [-0.25, -0.2) is 8.42 Å². The molecule has 1 N–H and O–H groups in total. The molecule has 0 spiro atoms. The van der Waals surface area contributed by atoms with Gasteiger partial charge in [-0.05, 0) is 42.5 Å². The molecule has 5 heteroatoms. The summed E-state index contributed by atoms with van der Waals surface area (Å²) < 4.78 is 27.4. The average Bonchev–Trinajstić information content (AvgIpc) is 2.83. The summed E-state index contributed by atoms with van der Waals surface area (Å²) in [7, 11) is -3.66. The van der Waals surface area contributed by atoms with Crippen molar-refractivity contribution in [2.45, 2.75) is 83.5 Å². The largest absolute Gasteiger partial charge is 0.385 e. The van der Waals surface area contributed by atoms with Gasteiger partial charge in [-0.1, -0.05) is 89.3 Å². The first-order chi connectivity index (χ1) is 15.9. The van der Waals surface area contributed by atoms with Crippen molar-refractivity contribution >= 4 is 21.8 Å². The number of unbranched alkanes of at least 4 members (excludes halogenated alkanes) is 4. The Balaban J connectivity index is 2.42. The van der Waals surface area contributed by atoms with Crippen molar-refractivity contribution in [2.75, 3.05) is 17.6 Å². The first-order valence-electron chi connectivity index (χ1n) is 12.5. The lowest BCUT2D eigenvalue weighted by Gasteiger charge is -2.27. The minimum Gasteiger partial charge on any atom is -0.385 e. The van der Waals surface area contributed by atoms with Gasteiger partial charge in [0.15, 0.2) is 9.84 Å². The quantitative estimate of drug-likeness (QED) is 0.215. The summed E-state index contributed by atoms with van der Waals surface area (Å²) in [5.74, 6) is -0.137. The molecule has 2 aromatic carbocycles. The van der Waals surface area contributed by atoms with Crippen molar-refractivity contribution in [2.24, 2.45) is 5.41 Å². The van der Waals surface area contributed by atoms with Gasteiger partial charge in [-0.2, -0.15) is 0 Å². The van der Waals surface area contributed by atoms with E-state index in [1.165, 1.54) is 12.8 Å². The number of anilines is 1. The summed E-state index contributed by atoms with van der Waals surface area (Å²) in [4.78, 5) is 12.4. The highest BCUT2D eigenvalue weighted by Gasteiger charge is 2.35. The van der Waals surface area contributed by atoms with Gasteiger partial charge in [0.2, 0.25) is 0 Å². The fraction of sp³-hybridized carbons (Fsp3) is 0.536. The Morgan fingerprint density at radius 3 is 2.24 bits per heavy atom. The van der Waals surface area contributed by atoms with E-state index in [-0.39, 0.29) is 5.75 Å². The number of rotatable bonds is 16. The van der Waals surface area contributed by atoms with E-state index in [1.807, 2.05) is 49.4 Å². The standard InChI is InChI=1S/C28H41NO3S/c1-4-7-9-13-20-29-26-17-14-18-27(25(26)21-24-15-11-10-12-16-24)33(31,32)23-28(6-3,22-30)19-8-5-2/h10-12,14-18,22,29H,4-9,13,19-21,23H2,1-3H3. The van der Waals surface area contributed by atoms with Crippen LogP contribution in [0.5, 0.6) is 0 Å². The van der Waals surface area contributed by atoms with E-state index in [4.69, 9.17) is 0 Å². The molecule has 0 radical (unpaired) electrons. The number of carbonyl (C=O) groups is 1. The second-order valence-corrected chi connectivity index (χ2v) is 11.1. The normalized spacial score (nSPS) is 13.4. The minimum absolute atomic E-state index is 0.137. The van der Waals surface area contributed by atoms with Gasteiger partial charge >= 0.3 is 0 Å². The van der Waals surface area contributed by atoms with Crippen LogP contribution in [-0.2, 0) is 21.1 Å². The van der Waals surface area contributed by atoms with E-state index in [1.54, 1.807) is 6.07 Å². The molecule has 0 amide bonds. The van der Waals surface area contributed by atoms with Crippen LogP contribution in [-0.4, -0.2) is 27.0 Å². The maximum Gasteiger partial charge on any atom is 0.179 e. The van der Waals surface area contributed by atoms with E-state index >= 15 is 0 Å². The Morgan fingerprint density at radius 2 is 1.61 bits per heavy atom. The number of aldehydes is 1. The summed E-state index contributed by atoms with van der Waals surface area (Å²) in [5.41, 5.74) is 1.91. The van der Waals surface area contributed by atoms with Gasteiger partial charge in [0, 0.05) is 24.1 Å². The van der Waals surface area contributed by atoms with E-state index in [0.29, 0.717) is 24.2 Å². The molecule has 33 heavy (non-hydrogen) atoms. The minimum atomic E-state index is -3.66. The molecule has 4 nitrogen and oxygen atoms in total. The molecule has 0 aliphatic carbocycles. The molecule has 0 bridgehead atoms. The second-order valence-electron chi connectivity index (χ2n) is 9.13. The third-order valence-electron chi connectivity index (χ3n) is 6.50. The number of benzene rings is 2. The summed E-state index contributed by atoms with van der Waals surface area (Å²) in [6.45, 7) is 6.98. The fourth-order valence-corrected chi connectivity index (χ4v) is 6.46. The zero-order valence-electron chi connectivity index (χ0n) is 20.6. The molecule has 0 aromatic heterocycles. The van der Waals surface area contributed by atoms with Gasteiger partial charge in [0.25, 0.3) is 0 Å². The van der Waals surface area contributed by atoms with Crippen LogP contribution in [0.1, 0.15) is 83.3 Å². The van der Waals surface area contributed by atoms with E-state index in [0.717, 1.165) is 55.3 Å². The third kappa shape index (κ3) is 7.99. The Labute approximate surface area is 201 Å². The van der Waals surface area contributed by atoms with Crippen LogP contribution in [0.2, 0.25) is 0 Å². The Hall–Kier alpha value is -2.14. The average molecular weight is 472 g/mol. The molecule has 2 aromatic rings. The summed E-state index contributed by atoms with van der Waals surface area (Å²) in [5, 5.41) is 3.50. The molecular formula is C28H41NO3S. The molecule has 0 aliphatic heterocycles. The van der Waals surface area contributed by atoms with Gasteiger partial charge in [0.1, 0.15) is 6.29 Å². The van der Waals surface area contributed by atoms with Gasteiger partial charge in [-0.15, -0.1) is 0 Å². The van der Waals surface area contributed by atoms with E-state index in [2.05, 4.69) is 19.2 Å². The Kier molecular flexibility index (Phi) is 11.1. The lowest BCUT2D eigenvalue weighted by atomic mass is 9.84. The highest BCUT2D eigenvalue weighted by Crippen LogP contribution is 2.34. The molecule has 0 fully saturated rings. The molecule has 1 atom stereocenters. The van der Waals surface area contributed by atoms with Crippen molar-refractivity contribution in [1.82, 2.24) is 0 Å². The maximum absolute atomic E-state index is 13.7. The highest BCUT2D eigenvalue weighted by atomic mass is 32.2. The van der Waals surface area contributed by atoms with Crippen LogP contribution in [0.3, 0.4) is 0 Å². The van der Waals surface area contributed by atoms with Crippen LogP contribution in [0.15, 0.2) is 53.4 Å². The van der Waals surface area contributed by atoms with Crippen molar-refractivity contribution in [1.29, 1.82) is 0 Å². The van der Waals surface area contributed by atoms with Crippen LogP contribution >= 0.6 is 0 Å². The first kappa shape index (κ1) is 27.1. The lowest BCUT2D eigenvalue weighted by molar-refractivity contribution is -0.115. The predicted octanol–water partition coefficient (Wildman–Crippen LogP) is 6.83. The number of carbonyl (C=O) groups excluding carboxylic acids is 1. The summed E-state index contributed by atoms with van der Waals surface area (Å²) in [6, 6.07) is 15.5. The van der Waals surface area contributed by atoms with Crippen molar-refractivity contribution in [3.63, 3.8) is 0 Å². The van der Waals surface area contributed by atoms with Gasteiger partial charge < -0.3 is 10.1 Å². The Bertz CT molecular complexity index is 956. The molecule has 182 valence electrons. The zero-order valence-corrected chi connectivity index (χ0v) is 21.4. The molecule has 0 heterocycles. The van der Waals surface area contributed by atoms with E-state index in [9.17, 15) is 13.2 Å². The van der Waals surface area contributed by atoms with Gasteiger partial charge in [0.05, 0.1) is 10.6 Å². The van der Waals surface area contributed by atoms with E-state index < -0.39 is 15.3 Å². The van der Waals surface area contributed by atoms with Crippen molar-refractivity contribution in [3.05, 3.63) is 59.7 Å². The number of hydrogen-bond donors (Lipinski definition) is 1. The summed E-state index contributed by atoms with van der Waals surface area (Å²) in [6.07, 6.45) is 8.92. The monoisotopic (exact) mass is 471 g/mol. The molecule has 1 unspecified atom stereocenters. The molecule has 0 saturated carbocycles. The molecule has 0 saturated heterocycles. The fourth-order valence-electron chi connectivity index (χ4n) is 4.29. The number of nitrogens with one attached hydrogen (secondary N) is 1. The maximum atomic E-state index is 13.7. The zero-order chi connectivity index (χ0) is 24.2. The SMILES string of the molecule is CCCCCCNc1cccc(S(=O)(=O)CC(C=O)(CC)CCCC)c1Cc1ccccc1. The second kappa shape index (κ2) is 13.5. The van der Waals surface area contributed by atoms with Crippen LogP contribution in [0.25, 0.3) is 0 Å². The van der Waals surface area contributed by atoms with Crippen molar-refractivity contribution < 1.29 is 13.2 Å². The van der Waals surface area contributed by atoms with Crippen molar-refractivity contribution in [3.8, 4) is 0 Å². The highest BCUT2D eigenvalue weighted by molar-refractivity contribution is 7.91. The molecule has 2 rings (SSSR count). The topological polar surface area (TPSA) is 63.2 Å². The molecular weight excluding hydrogens is 430 g/mol. The van der Waals surface area contributed by atoms with Crippen LogP contribution < -0.4 is 5.32 Å². The Morgan fingerprint density at radius 1 is 0.879 bits per heavy atom. The first-order valence-corrected chi connectivity index (χ1v) is 14.2. The number of hydrogen-bond acceptors (Lipinski definition) is 4. The number of sulfone groups is 1.